The fourth-order valence-electron chi connectivity index (χ4n) is 4.26. The van der Waals surface area contributed by atoms with Crippen molar-refractivity contribution in [2.45, 2.75) is 58.1 Å². The number of nitriles is 1. The number of nitrogens with zero attached hydrogens (tertiary/aromatic N) is 1. The predicted molar refractivity (Wildman–Crippen MR) is 142 cm³/mol. The second kappa shape index (κ2) is 12.9. The highest BCUT2D eigenvalue weighted by molar-refractivity contribution is 6.30. The van der Waals surface area contributed by atoms with Gasteiger partial charge in [-0.05, 0) is 73.2 Å². The molecule has 3 atom stereocenters. The van der Waals surface area contributed by atoms with Gasteiger partial charge in [0.05, 0.1) is 17.2 Å². The molecule has 36 heavy (non-hydrogen) atoms. The van der Waals surface area contributed by atoms with E-state index in [1.165, 1.54) is 0 Å². The van der Waals surface area contributed by atoms with Crippen molar-refractivity contribution in [2.24, 2.45) is 0 Å². The van der Waals surface area contributed by atoms with Gasteiger partial charge in [0.25, 0.3) is 5.91 Å². The molecular formula is C30H31ClN2O3. The lowest BCUT2D eigenvalue weighted by atomic mass is 9.85. The summed E-state index contributed by atoms with van der Waals surface area (Å²) in [5, 5.41) is 13.1. The number of halogens is 1. The summed E-state index contributed by atoms with van der Waals surface area (Å²) in [5.74, 6) is -0.955. The van der Waals surface area contributed by atoms with Crippen molar-refractivity contribution in [2.75, 3.05) is 0 Å². The Morgan fingerprint density at radius 3 is 2.42 bits per heavy atom. The van der Waals surface area contributed by atoms with Gasteiger partial charge in [0.2, 0.25) is 0 Å². The Balaban J connectivity index is 1.79. The Bertz CT molecular complexity index is 1230. The molecule has 3 rings (SSSR count). The third-order valence-electron chi connectivity index (χ3n) is 6.32. The highest BCUT2D eigenvalue weighted by Gasteiger charge is 2.28. The van der Waals surface area contributed by atoms with Crippen LogP contribution in [0.3, 0.4) is 0 Å². The molecular weight excluding hydrogens is 472 g/mol. The van der Waals surface area contributed by atoms with Crippen molar-refractivity contribution in [3.05, 3.63) is 106 Å². The van der Waals surface area contributed by atoms with Crippen LogP contribution in [0.25, 0.3) is 0 Å². The van der Waals surface area contributed by atoms with Crippen molar-refractivity contribution in [3.8, 4) is 6.07 Å². The van der Waals surface area contributed by atoms with E-state index in [0.717, 1.165) is 16.7 Å². The van der Waals surface area contributed by atoms with E-state index in [1.54, 1.807) is 18.2 Å². The minimum atomic E-state index is -0.911. The number of ether oxygens (including phenoxy) is 1. The van der Waals surface area contributed by atoms with Gasteiger partial charge in [0.15, 0.2) is 6.10 Å². The van der Waals surface area contributed by atoms with Gasteiger partial charge < -0.3 is 10.1 Å². The van der Waals surface area contributed by atoms with Crippen LogP contribution in [0.2, 0.25) is 5.02 Å². The van der Waals surface area contributed by atoms with Crippen LogP contribution in [0.15, 0.2) is 72.8 Å². The average Bonchev–Trinajstić information content (AvgIpc) is 2.90. The molecule has 0 radical (unpaired) electrons. The van der Waals surface area contributed by atoms with Crippen molar-refractivity contribution >= 4 is 23.5 Å². The molecule has 5 nitrogen and oxygen atoms in total. The van der Waals surface area contributed by atoms with Gasteiger partial charge in [0.1, 0.15) is 0 Å². The van der Waals surface area contributed by atoms with E-state index >= 15 is 0 Å². The average molecular weight is 503 g/mol. The number of benzene rings is 3. The van der Waals surface area contributed by atoms with Crippen molar-refractivity contribution in [1.29, 1.82) is 5.26 Å². The maximum atomic E-state index is 13.2. The standard InChI is InChI=1S/C30H31ClN2O3/c1-4-23-10-6-7-12-26(23)30(35)36-28(5-2)29(34)33-20(3)27(18-21-13-15-25(31)16-14-21)24-11-8-9-22(17-24)19-32/h6-17,20,27-28H,4-5,18H2,1-3H3,(H,33,34)/t20-,27+,28+/m0/s1. The fourth-order valence-corrected chi connectivity index (χ4v) is 4.38. The van der Waals surface area contributed by atoms with E-state index in [1.807, 2.05) is 75.4 Å². The smallest absolute Gasteiger partial charge is 0.339 e. The predicted octanol–water partition coefficient (Wildman–Crippen LogP) is 6.24. The van der Waals surface area contributed by atoms with Gasteiger partial charge in [0, 0.05) is 17.0 Å². The normalized spacial score (nSPS) is 13.2. The van der Waals surface area contributed by atoms with Gasteiger partial charge in [-0.25, -0.2) is 4.79 Å². The molecule has 3 aromatic rings. The largest absolute Gasteiger partial charge is 0.449 e. The minimum absolute atomic E-state index is 0.113. The molecule has 0 aliphatic carbocycles. The van der Waals surface area contributed by atoms with E-state index in [-0.39, 0.29) is 17.9 Å². The fraction of sp³-hybridized carbons (Fsp3) is 0.300. The maximum absolute atomic E-state index is 13.2. The summed E-state index contributed by atoms with van der Waals surface area (Å²) in [5.41, 5.74) is 3.92. The Morgan fingerprint density at radius 2 is 1.75 bits per heavy atom. The number of carbonyl (C=O) groups excluding carboxylic acids is 2. The Morgan fingerprint density at radius 1 is 1.03 bits per heavy atom. The van der Waals surface area contributed by atoms with Crippen LogP contribution < -0.4 is 5.32 Å². The number of hydrogen-bond acceptors (Lipinski definition) is 4. The van der Waals surface area contributed by atoms with Gasteiger partial charge in [-0.1, -0.05) is 67.9 Å². The Kier molecular flexibility index (Phi) is 9.67. The molecule has 6 heteroatoms. The summed E-state index contributed by atoms with van der Waals surface area (Å²) in [6.45, 7) is 5.72. The minimum Gasteiger partial charge on any atom is -0.449 e. The maximum Gasteiger partial charge on any atom is 0.339 e. The Hall–Kier alpha value is -3.62. The lowest BCUT2D eigenvalue weighted by molar-refractivity contribution is -0.130. The number of nitrogens with one attached hydrogen (secondary N) is 1. The summed E-state index contributed by atoms with van der Waals surface area (Å²) in [6.07, 6.45) is 0.768. The molecule has 0 bridgehead atoms. The van der Waals surface area contributed by atoms with Gasteiger partial charge in [-0.15, -0.1) is 0 Å². The first-order chi connectivity index (χ1) is 17.4. The van der Waals surface area contributed by atoms with Crippen LogP contribution in [0.1, 0.15) is 65.7 Å². The van der Waals surface area contributed by atoms with Gasteiger partial charge >= 0.3 is 5.97 Å². The van der Waals surface area contributed by atoms with E-state index < -0.39 is 12.1 Å². The molecule has 0 spiro atoms. The Labute approximate surface area is 218 Å². The molecule has 3 aromatic carbocycles. The monoisotopic (exact) mass is 502 g/mol. The summed E-state index contributed by atoms with van der Waals surface area (Å²) in [6, 6.07) is 24.2. The second-order valence-corrected chi connectivity index (χ2v) is 9.22. The molecule has 1 N–H and O–H groups in total. The SMILES string of the molecule is CCc1ccccc1C(=O)O[C@H](CC)C(=O)N[C@@H](C)[C@@H](Cc1ccc(Cl)cc1)c1cccc(C#N)c1. The first-order valence-corrected chi connectivity index (χ1v) is 12.6. The van der Waals surface area contributed by atoms with E-state index in [9.17, 15) is 14.9 Å². The molecule has 1 amide bonds. The number of esters is 1. The lowest BCUT2D eigenvalue weighted by Gasteiger charge is -2.27. The van der Waals surface area contributed by atoms with E-state index in [2.05, 4.69) is 11.4 Å². The molecule has 0 saturated heterocycles. The molecule has 0 heterocycles. The topological polar surface area (TPSA) is 79.2 Å². The number of hydrogen-bond donors (Lipinski definition) is 1. The van der Waals surface area contributed by atoms with Crippen LogP contribution in [0, 0.1) is 11.3 Å². The molecule has 0 aliphatic rings. The van der Waals surface area contributed by atoms with Crippen LogP contribution in [-0.4, -0.2) is 24.0 Å². The quantitative estimate of drug-likeness (QED) is 0.333. The van der Waals surface area contributed by atoms with E-state index in [4.69, 9.17) is 16.3 Å². The highest BCUT2D eigenvalue weighted by Crippen LogP contribution is 2.26. The zero-order valence-electron chi connectivity index (χ0n) is 20.8. The zero-order chi connectivity index (χ0) is 26.1. The third-order valence-corrected chi connectivity index (χ3v) is 6.57. The molecule has 0 aliphatic heterocycles. The number of carbonyl (C=O) groups is 2. The van der Waals surface area contributed by atoms with Crippen molar-refractivity contribution in [3.63, 3.8) is 0 Å². The molecule has 0 unspecified atom stereocenters. The summed E-state index contributed by atoms with van der Waals surface area (Å²) in [7, 11) is 0. The number of amides is 1. The van der Waals surface area contributed by atoms with Crippen LogP contribution >= 0.6 is 11.6 Å². The van der Waals surface area contributed by atoms with Gasteiger partial charge in [-0.2, -0.15) is 5.26 Å². The molecule has 0 fully saturated rings. The summed E-state index contributed by atoms with van der Waals surface area (Å²) < 4.78 is 5.64. The zero-order valence-corrected chi connectivity index (χ0v) is 21.6. The summed E-state index contributed by atoms with van der Waals surface area (Å²) >= 11 is 6.06. The lowest BCUT2D eigenvalue weighted by Crippen LogP contribution is -2.44. The second-order valence-electron chi connectivity index (χ2n) is 8.78. The summed E-state index contributed by atoms with van der Waals surface area (Å²) in [4.78, 5) is 26.0. The van der Waals surface area contributed by atoms with E-state index in [0.29, 0.717) is 35.4 Å². The molecule has 186 valence electrons. The molecule has 0 saturated carbocycles. The third kappa shape index (κ3) is 6.96. The van der Waals surface area contributed by atoms with Crippen molar-refractivity contribution < 1.29 is 14.3 Å². The van der Waals surface area contributed by atoms with Crippen molar-refractivity contribution in [1.82, 2.24) is 5.32 Å². The van der Waals surface area contributed by atoms with Crippen LogP contribution in [-0.2, 0) is 22.4 Å². The van der Waals surface area contributed by atoms with Crippen LogP contribution in [0.5, 0.6) is 0 Å². The molecule has 0 aromatic heterocycles. The van der Waals surface area contributed by atoms with Crippen LogP contribution in [0.4, 0.5) is 0 Å². The highest BCUT2D eigenvalue weighted by atomic mass is 35.5. The van der Waals surface area contributed by atoms with Gasteiger partial charge in [-0.3, -0.25) is 4.79 Å². The number of rotatable bonds is 10. The number of aryl methyl sites for hydroxylation is 1. The first kappa shape index (κ1) is 27.0. The first-order valence-electron chi connectivity index (χ1n) is 12.2.